The van der Waals surface area contributed by atoms with Crippen LogP contribution in [0.15, 0.2) is 48.9 Å². The Hall–Kier alpha value is -2.56. The molecule has 1 N–H and O–H groups in total. The largest absolute Gasteiger partial charge is 0.325 e. The number of amides is 1. The van der Waals surface area contributed by atoms with Crippen molar-refractivity contribution < 1.29 is 9.59 Å². The number of nitrogens with zero attached hydrogens (tertiary/aromatic N) is 2. The molecule has 0 spiro atoms. The van der Waals surface area contributed by atoms with E-state index in [2.05, 4.69) is 15.3 Å². The summed E-state index contributed by atoms with van der Waals surface area (Å²) in [5.74, 6) is -1.25. The van der Waals surface area contributed by atoms with Gasteiger partial charge in [0.25, 0.3) is 0 Å². The summed E-state index contributed by atoms with van der Waals surface area (Å²) in [5.41, 5.74) is 1.34. The summed E-state index contributed by atoms with van der Waals surface area (Å²) in [4.78, 5) is 31.7. The van der Waals surface area contributed by atoms with Crippen LogP contribution in [0, 0.1) is 5.92 Å². The molecule has 2 rings (SSSR count). The molecule has 0 aliphatic carbocycles. The summed E-state index contributed by atoms with van der Waals surface area (Å²) in [6, 6.07) is 10.8. The highest BCUT2D eigenvalue weighted by Crippen LogP contribution is 2.12. The molecule has 102 valence electrons. The van der Waals surface area contributed by atoms with Gasteiger partial charge in [0.1, 0.15) is 18.0 Å². The van der Waals surface area contributed by atoms with Crippen LogP contribution < -0.4 is 5.32 Å². The van der Waals surface area contributed by atoms with Crippen LogP contribution >= 0.6 is 0 Å². The number of nitrogens with one attached hydrogen (secondary N) is 1. The molecule has 1 atom stereocenters. The second-order valence-corrected chi connectivity index (χ2v) is 4.42. The molecule has 2 aromatic rings. The molecule has 0 radical (unpaired) electrons. The first-order chi connectivity index (χ1) is 9.66. The first-order valence-electron chi connectivity index (χ1n) is 6.28. The van der Waals surface area contributed by atoms with Crippen molar-refractivity contribution in [2.75, 3.05) is 5.32 Å². The first-order valence-corrected chi connectivity index (χ1v) is 6.28. The predicted octanol–water partition coefficient (Wildman–Crippen LogP) is 1.86. The highest BCUT2D eigenvalue weighted by Gasteiger charge is 2.24. The van der Waals surface area contributed by atoms with Gasteiger partial charge in [-0.15, -0.1) is 0 Å². The molecule has 0 bridgehead atoms. The molecule has 1 heterocycles. The highest BCUT2D eigenvalue weighted by atomic mass is 16.2. The van der Waals surface area contributed by atoms with Crippen molar-refractivity contribution in [3.05, 3.63) is 54.6 Å². The number of carbonyl (C=O) groups is 2. The maximum absolute atomic E-state index is 12.2. The molecular weight excluding hydrogens is 254 g/mol. The number of benzene rings is 1. The average Bonchev–Trinajstić information content (AvgIpc) is 2.46. The van der Waals surface area contributed by atoms with Gasteiger partial charge in [0.15, 0.2) is 0 Å². The highest BCUT2D eigenvalue weighted by molar-refractivity contribution is 6.06. The van der Waals surface area contributed by atoms with Crippen molar-refractivity contribution in [2.45, 2.75) is 13.3 Å². The lowest BCUT2D eigenvalue weighted by atomic mass is 9.98. The summed E-state index contributed by atoms with van der Waals surface area (Å²) in [6.45, 7) is 1.41. The summed E-state index contributed by atoms with van der Waals surface area (Å²) >= 11 is 0. The summed E-state index contributed by atoms with van der Waals surface area (Å²) in [5, 5.41) is 2.74. The number of Topliss-reactive ketones (excluding diaryl/α,β-unsaturated/α-hetero) is 1. The third-order valence-corrected chi connectivity index (χ3v) is 2.91. The third-order valence-electron chi connectivity index (χ3n) is 2.91. The van der Waals surface area contributed by atoms with E-state index < -0.39 is 5.92 Å². The van der Waals surface area contributed by atoms with Crippen molar-refractivity contribution in [3.63, 3.8) is 0 Å². The van der Waals surface area contributed by atoms with Gasteiger partial charge in [-0.3, -0.25) is 9.59 Å². The Morgan fingerprint density at radius 1 is 1.20 bits per heavy atom. The Kier molecular flexibility index (Phi) is 4.55. The zero-order chi connectivity index (χ0) is 14.4. The number of para-hydroxylation sites is 1. The molecule has 1 aromatic heterocycles. The van der Waals surface area contributed by atoms with Crippen molar-refractivity contribution in [2.24, 2.45) is 5.92 Å². The average molecular weight is 269 g/mol. The fraction of sp³-hybridized carbons (Fsp3) is 0.200. The number of ketones is 1. The van der Waals surface area contributed by atoms with Crippen LogP contribution in [-0.4, -0.2) is 21.7 Å². The minimum atomic E-state index is -0.745. The minimum absolute atomic E-state index is 0.183. The van der Waals surface area contributed by atoms with Crippen LogP contribution in [0.2, 0.25) is 0 Å². The quantitative estimate of drug-likeness (QED) is 0.841. The zero-order valence-corrected chi connectivity index (χ0v) is 11.1. The molecule has 1 unspecified atom stereocenters. The standard InChI is InChI=1S/C15H15N3O2/c1-11(19)14(9-13-7-8-16-10-17-13)15(20)18-12-5-3-2-4-6-12/h2-8,10,14H,9H2,1H3,(H,18,20). The van der Waals surface area contributed by atoms with Gasteiger partial charge in [0.05, 0.1) is 0 Å². The number of carbonyl (C=O) groups excluding carboxylic acids is 2. The number of rotatable bonds is 5. The summed E-state index contributed by atoms with van der Waals surface area (Å²) in [6.07, 6.45) is 3.27. The van der Waals surface area contributed by atoms with E-state index in [0.717, 1.165) is 0 Å². The van der Waals surface area contributed by atoms with E-state index >= 15 is 0 Å². The summed E-state index contributed by atoms with van der Waals surface area (Å²) in [7, 11) is 0. The third kappa shape index (κ3) is 3.71. The molecule has 20 heavy (non-hydrogen) atoms. The monoisotopic (exact) mass is 269 g/mol. The van der Waals surface area contributed by atoms with Crippen molar-refractivity contribution in [1.82, 2.24) is 9.97 Å². The van der Waals surface area contributed by atoms with Gasteiger partial charge in [-0.2, -0.15) is 0 Å². The van der Waals surface area contributed by atoms with Crippen LogP contribution in [0.1, 0.15) is 12.6 Å². The minimum Gasteiger partial charge on any atom is -0.325 e. The number of hydrogen-bond acceptors (Lipinski definition) is 4. The van der Waals surface area contributed by atoms with Crippen LogP contribution in [0.3, 0.4) is 0 Å². The molecule has 0 aliphatic heterocycles. The lowest BCUT2D eigenvalue weighted by molar-refractivity contribution is -0.129. The normalized spacial score (nSPS) is 11.7. The lowest BCUT2D eigenvalue weighted by Gasteiger charge is -2.13. The van der Waals surface area contributed by atoms with Gasteiger partial charge in [-0.25, -0.2) is 9.97 Å². The van der Waals surface area contributed by atoms with Crippen LogP contribution in [0.4, 0.5) is 5.69 Å². The van der Waals surface area contributed by atoms with E-state index in [0.29, 0.717) is 11.4 Å². The van der Waals surface area contributed by atoms with E-state index in [1.165, 1.54) is 13.3 Å². The lowest BCUT2D eigenvalue weighted by Crippen LogP contribution is -2.30. The molecule has 5 nitrogen and oxygen atoms in total. The fourth-order valence-corrected chi connectivity index (χ4v) is 1.82. The van der Waals surface area contributed by atoms with Crippen LogP contribution in [-0.2, 0) is 16.0 Å². The van der Waals surface area contributed by atoms with E-state index in [4.69, 9.17) is 0 Å². The van der Waals surface area contributed by atoms with E-state index in [9.17, 15) is 9.59 Å². The Labute approximate surface area is 117 Å². The Morgan fingerprint density at radius 2 is 1.95 bits per heavy atom. The van der Waals surface area contributed by atoms with E-state index in [1.54, 1.807) is 24.4 Å². The van der Waals surface area contributed by atoms with Gasteiger partial charge in [-0.1, -0.05) is 18.2 Å². The Balaban J connectivity index is 2.09. The molecule has 1 amide bonds. The van der Waals surface area contributed by atoms with E-state index in [-0.39, 0.29) is 18.1 Å². The van der Waals surface area contributed by atoms with E-state index in [1.807, 2.05) is 18.2 Å². The Bertz CT molecular complexity index is 585. The van der Waals surface area contributed by atoms with Crippen molar-refractivity contribution >= 4 is 17.4 Å². The van der Waals surface area contributed by atoms with Gasteiger partial charge in [-0.05, 0) is 25.1 Å². The van der Waals surface area contributed by atoms with Crippen molar-refractivity contribution in [3.8, 4) is 0 Å². The molecule has 1 aromatic carbocycles. The predicted molar refractivity (Wildman–Crippen MR) is 75.0 cm³/mol. The van der Waals surface area contributed by atoms with Crippen LogP contribution in [0.5, 0.6) is 0 Å². The molecule has 0 saturated carbocycles. The first kappa shape index (κ1) is 13.9. The molecule has 0 fully saturated rings. The fourth-order valence-electron chi connectivity index (χ4n) is 1.82. The molecule has 5 heteroatoms. The zero-order valence-electron chi connectivity index (χ0n) is 11.1. The second kappa shape index (κ2) is 6.56. The molecular formula is C15H15N3O2. The number of hydrogen-bond donors (Lipinski definition) is 1. The Morgan fingerprint density at radius 3 is 2.55 bits per heavy atom. The summed E-state index contributed by atoms with van der Waals surface area (Å²) < 4.78 is 0. The van der Waals surface area contributed by atoms with Crippen molar-refractivity contribution in [1.29, 1.82) is 0 Å². The van der Waals surface area contributed by atoms with Gasteiger partial charge in [0, 0.05) is 24.0 Å². The number of anilines is 1. The maximum atomic E-state index is 12.2. The SMILES string of the molecule is CC(=O)C(Cc1ccncn1)C(=O)Nc1ccccc1. The second-order valence-electron chi connectivity index (χ2n) is 4.42. The van der Waals surface area contributed by atoms with Gasteiger partial charge < -0.3 is 5.32 Å². The topological polar surface area (TPSA) is 72.0 Å². The molecule has 0 aliphatic rings. The molecule has 0 saturated heterocycles. The van der Waals surface area contributed by atoms with Crippen LogP contribution in [0.25, 0.3) is 0 Å². The maximum Gasteiger partial charge on any atom is 0.235 e. The smallest absolute Gasteiger partial charge is 0.235 e. The van der Waals surface area contributed by atoms with Gasteiger partial charge in [0.2, 0.25) is 5.91 Å². The van der Waals surface area contributed by atoms with Gasteiger partial charge >= 0.3 is 0 Å². The number of aromatic nitrogens is 2.